The number of H-pyrrole nitrogens is 1. The Bertz CT molecular complexity index is 636. The van der Waals surface area contributed by atoms with Gasteiger partial charge in [0.1, 0.15) is 0 Å². The average Bonchev–Trinajstić information content (AvgIpc) is 3.13. The van der Waals surface area contributed by atoms with E-state index in [0.717, 1.165) is 36.1 Å². The highest BCUT2D eigenvalue weighted by molar-refractivity contribution is 5.97. The fraction of sp³-hybridized carbons (Fsp3) is 0.500. The second kappa shape index (κ2) is 5.85. The number of likely N-dealkylation sites (tertiary alicyclic amines) is 1. The van der Waals surface area contributed by atoms with Crippen LogP contribution in [-0.4, -0.2) is 58.6 Å². The standard InChI is InChI=1S/C16H22N4O/c1-3-20-8-4-5-14(20)11-19(2)16(21)12-6-7-13-10-17-18-15(13)9-12/h6-7,9-10,14H,3-5,8,11H2,1-2H3,(H,17,18). The normalized spacial score (nSPS) is 19.2. The van der Waals surface area contributed by atoms with E-state index in [1.807, 2.05) is 30.1 Å². The SMILES string of the molecule is CCN1CCCC1CN(C)C(=O)c1ccc2cn[nH]c2c1. The predicted molar refractivity (Wildman–Crippen MR) is 83.3 cm³/mol. The monoisotopic (exact) mass is 286 g/mol. The number of aromatic amines is 1. The van der Waals surface area contributed by atoms with Gasteiger partial charge >= 0.3 is 0 Å². The zero-order valence-corrected chi connectivity index (χ0v) is 12.7. The minimum Gasteiger partial charge on any atom is -0.340 e. The predicted octanol–water partition coefficient (Wildman–Crippen LogP) is 2.12. The molecule has 1 atom stereocenters. The summed E-state index contributed by atoms with van der Waals surface area (Å²) in [7, 11) is 1.89. The van der Waals surface area contributed by atoms with Crippen molar-refractivity contribution in [1.29, 1.82) is 0 Å². The molecule has 5 nitrogen and oxygen atoms in total. The molecule has 1 N–H and O–H groups in total. The molecule has 1 saturated heterocycles. The first-order valence-corrected chi connectivity index (χ1v) is 7.61. The van der Waals surface area contributed by atoms with Crippen LogP contribution in [0.2, 0.25) is 0 Å². The molecule has 1 amide bonds. The molecule has 0 bridgehead atoms. The average molecular weight is 286 g/mol. The lowest BCUT2D eigenvalue weighted by atomic mass is 10.1. The van der Waals surface area contributed by atoms with Crippen molar-refractivity contribution < 1.29 is 4.79 Å². The molecule has 1 fully saturated rings. The van der Waals surface area contributed by atoms with Crippen LogP contribution in [0, 0.1) is 0 Å². The number of carbonyl (C=O) groups is 1. The van der Waals surface area contributed by atoms with Crippen molar-refractivity contribution in [2.75, 3.05) is 26.7 Å². The van der Waals surface area contributed by atoms with Gasteiger partial charge in [0, 0.05) is 30.6 Å². The van der Waals surface area contributed by atoms with Crippen LogP contribution in [-0.2, 0) is 0 Å². The summed E-state index contributed by atoms with van der Waals surface area (Å²) in [6.07, 6.45) is 4.19. The second-order valence-corrected chi connectivity index (χ2v) is 5.78. The topological polar surface area (TPSA) is 52.2 Å². The Hall–Kier alpha value is -1.88. The van der Waals surface area contributed by atoms with Crippen molar-refractivity contribution in [3.8, 4) is 0 Å². The molecule has 0 saturated carbocycles. The number of fused-ring (bicyclic) bond motifs is 1. The zero-order valence-electron chi connectivity index (χ0n) is 12.7. The molecular formula is C16H22N4O. The summed E-state index contributed by atoms with van der Waals surface area (Å²) < 4.78 is 0. The van der Waals surface area contributed by atoms with Gasteiger partial charge in [0.15, 0.2) is 0 Å². The number of carbonyl (C=O) groups excluding carboxylic acids is 1. The Kier molecular flexibility index (Phi) is 3.92. The number of likely N-dealkylation sites (N-methyl/N-ethyl adjacent to an activating group) is 2. The van der Waals surface area contributed by atoms with Crippen molar-refractivity contribution in [3.05, 3.63) is 30.0 Å². The number of hydrogen-bond donors (Lipinski definition) is 1. The van der Waals surface area contributed by atoms with Gasteiger partial charge in [-0.3, -0.25) is 14.8 Å². The summed E-state index contributed by atoms with van der Waals surface area (Å²) in [5, 5.41) is 7.94. The van der Waals surface area contributed by atoms with E-state index in [1.165, 1.54) is 12.8 Å². The van der Waals surface area contributed by atoms with Crippen LogP contribution in [0.5, 0.6) is 0 Å². The molecule has 2 heterocycles. The third kappa shape index (κ3) is 2.78. The Morgan fingerprint density at radius 2 is 2.38 bits per heavy atom. The maximum atomic E-state index is 12.6. The third-order valence-electron chi connectivity index (χ3n) is 4.43. The zero-order chi connectivity index (χ0) is 14.8. The molecule has 1 aromatic carbocycles. The minimum atomic E-state index is 0.0782. The van der Waals surface area contributed by atoms with E-state index >= 15 is 0 Å². The Morgan fingerprint density at radius 1 is 1.52 bits per heavy atom. The fourth-order valence-electron chi connectivity index (χ4n) is 3.21. The van der Waals surface area contributed by atoms with Crippen LogP contribution in [0.25, 0.3) is 10.9 Å². The molecule has 0 aliphatic carbocycles. The molecule has 1 aromatic heterocycles. The van der Waals surface area contributed by atoms with E-state index in [0.29, 0.717) is 6.04 Å². The summed E-state index contributed by atoms with van der Waals surface area (Å²) in [4.78, 5) is 16.9. The van der Waals surface area contributed by atoms with Crippen molar-refractivity contribution in [2.45, 2.75) is 25.8 Å². The van der Waals surface area contributed by atoms with Crippen molar-refractivity contribution in [1.82, 2.24) is 20.0 Å². The molecule has 2 aromatic rings. The number of amides is 1. The van der Waals surface area contributed by atoms with Crippen LogP contribution in [0.1, 0.15) is 30.1 Å². The van der Waals surface area contributed by atoms with Crippen LogP contribution >= 0.6 is 0 Å². The molecule has 1 aliphatic rings. The number of hydrogen-bond acceptors (Lipinski definition) is 3. The van der Waals surface area contributed by atoms with Gasteiger partial charge in [-0.1, -0.05) is 13.0 Å². The quantitative estimate of drug-likeness (QED) is 0.936. The van der Waals surface area contributed by atoms with Gasteiger partial charge in [0.25, 0.3) is 5.91 Å². The van der Waals surface area contributed by atoms with Gasteiger partial charge < -0.3 is 4.90 Å². The smallest absolute Gasteiger partial charge is 0.253 e. The molecule has 1 aliphatic heterocycles. The van der Waals surface area contributed by atoms with Crippen LogP contribution < -0.4 is 0 Å². The van der Waals surface area contributed by atoms with Gasteiger partial charge in [0.05, 0.1) is 11.7 Å². The molecule has 1 unspecified atom stereocenters. The number of nitrogens with zero attached hydrogens (tertiary/aromatic N) is 3. The maximum Gasteiger partial charge on any atom is 0.253 e. The van der Waals surface area contributed by atoms with Crippen LogP contribution in [0.4, 0.5) is 0 Å². The Morgan fingerprint density at radius 3 is 3.19 bits per heavy atom. The van der Waals surface area contributed by atoms with Gasteiger partial charge in [-0.05, 0) is 38.1 Å². The number of rotatable bonds is 4. The van der Waals surface area contributed by atoms with E-state index < -0.39 is 0 Å². The lowest BCUT2D eigenvalue weighted by molar-refractivity contribution is 0.0755. The Labute approximate surface area is 124 Å². The molecular weight excluding hydrogens is 264 g/mol. The van der Waals surface area contributed by atoms with Crippen molar-refractivity contribution in [2.24, 2.45) is 0 Å². The van der Waals surface area contributed by atoms with E-state index in [2.05, 4.69) is 22.0 Å². The molecule has 3 rings (SSSR count). The third-order valence-corrected chi connectivity index (χ3v) is 4.43. The largest absolute Gasteiger partial charge is 0.340 e. The highest BCUT2D eigenvalue weighted by Crippen LogP contribution is 2.19. The van der Waals surface area contributed by atoms with E-state index in [-0.39, 0.29) is 5.91 Å². The summed E-state index contributed by atoms with van der Waals surface area (Å²) >= 11 is 0. The second-order valence-electron chi connectivity index (χ2n) is 5.78. The highest BCUT2D eigenvalue weighted by Gasteiger charge is 2.25. The fourth-order valence-corrected chi connectivity index (χ4v) is 3.21. The summed E-state index contributed by atoms with van der Waals surface area (Å²) in [6, 6.07) is 6.20. The van der Waals surface area contributed by atoms with Gasteiger partial charge in [0.2, 0.25) is 0 Å². The number of benzene rings is 1. The maximum absolute atomic E-state index is 12.6. The number of aromatic nitrogens is 2. The van der Waals surface area contributed by atoms with E-state index in [1.54, 1.807) is 6.20 Å². The molecule has 21 heavy (non-hydrogen) atoms. The van der Waals surface area contributed by atoms with Crippen LogP contribution in [0.3, 0.4) is 0 Å². The van der Waals surface area contributed by atoms with Crippen LogP contribution in [0.15, 0.2) is 24.4 Å². The molecule has 0 spiro atoms. The lowest BCUT2D eigenvalue weighted by Crippen LogP contribution is -2.41. The summed E-state index contributed by atoms with van der Waals surface area (Å²) in [5.41, 5.74) is 1.63. The van der Waals surface area contributed by atoms with Gasteiger partial charge in [-0.25, -0.2) is 0 Å². The first-order chi connectivity index (χ1) is 10.2. The molecule has 112 valence electrons. The van der Waals surface area contributed by atoms with Crippen molar-refractivity contribution in [3.63, 3.8) is 0 Å². The summed E-state index contributed by atoms with van der Waals surface area (Å²) in [6.45, 7) is 5.20. The molecule has 0 radical (unpaired) electrons. The van der Waals surface area contributed by atoms with Gasteiger partial charge in [-0.2, -0.15) is 5.10 Å². The van der Waals surface area contributed by atoms with E-state index in [4.69, 9.17) is 0 Å². The number of nitrogens with one attached hydrogen (secondary N) is 1. The minimum absolute atomic E-state index is 0.0782. The Balaban J connectivity index is 1.71. The highest BCUT2D eigenvalue weighted by atomic mass is 16.2. The van der Waals surface area contributed by atoms with Crippen molar-refractivity contribution >= 4 is 16.8 Å². The van der Waals surface area contributed by atoms with E-state index in [9.17, 15) is 4.79 Å². The first-order valence-electron chi connectivity index (χ1n) is 7.61. The summed E-state index contributed by atoms with van der Waals surface area (Å²) in [5.74, 6) is 0.0782. The van der Waals surface area contributed by atoms with Gasteiger partial charge in [-0.15, -0.1) is 0 Å². The lowest BCUT2D eigenvalue weighted by Gasteiger charge is -2.27. The molecule has 5 heteroatoms. The first kappa shape index (κ1) is 14.1.